The third-order valence-electron chi connectivity index (χ3n) is 4.69. The van der Waals surface area contributed by atoms with Gasteiger partial charge in [-0.3, -0.25) is 0 Å². The molecule has 4 heteroatoms. The first kappa shape index (κ1) is 13.4. The van der Waals surface area contributed by atoms with E-state index in [9.17, 15) is 5.11 Å². The van der Waals surface area contributed by atoms with E-state index in [2.05, 4.69) is 4.90 Å². The number of aryl methyl sites for hydroxylation is 1. The molecule has 2 fully saturated rings. The summed E-state index contributed by atoms with van der Waals surface area (Å²) < 4.78 is 0. The highest BCUT2D eigenvalue weighted by atomic mass is 32.1. The lowest BCUT2D eigenvalue weighted by Gasteiger charge is -2.29. The second kappa shape index (κ2) is 5.41. The monoisotopic (exact) mass is 280 g/mol. The third kappa shape index (κ3) is 2.52. The Kier molecular flexibility index (Phi) is 3.81. The van der Waals surface area contributed by atoms with Crippen LogP contribution in [0.3, 0.4) is 0 Å². The zero-order valence-electron chi connectivity index (χ0n) is 11.9. The van der Waals surface area contributed by atoms with E-state index in [-0.39, 0.29) is 0 Å². The van der Waals surface area contributed by atoms with Gasteiger partial charge in [-0.1, -0.05) is 24.2 Å². The van der Waals surface area contributed by atoms with Gasteiger partial charge in [0, 0.05) is 12.6 Å². The van der Waals surface area contributed by atoms with Crippen LogP contribution in [0.1, 0.15) is 62.1 Å². The molecule has 1 aromatic rings. The van der Waals surface area contributed by atoms with Gasteiger partial charge in [-0.25, -0.2) is 4.98 Å². The summed E-state index contributed by atoms with van der Waals surface area (Å²) in [5, 5.41) is 10.9. The summed E-state index contributed by atoms with van der Waals surface area (Å²) in [6.45, 7) is 5.00. The van der Waals surface area contributed by atoms with Gasteiger partial charge in [0.2, 0.25) is 0 Å². The summed E-state index contributed by atoms with van der Waals surface area (Å²) in [5.74, 6) is 0.877. The Morgan fingerprint density at radius 1 is 1.26 bits per heavy atom. The lowest BCUT2D eigenvalue weighted by atomic mass is 9.96. The lowest BCUT2D eigenvalue weighted by molar-refractivity contribution is 0.202. The van der Waals surface area contributed by atoms with Gasteiger partial charge in [0.05, 0.1) is 16.7 Å². The fourth-order valence-corrected chi connectivity index (χ4v) is 4.85. The molecule has 2 atom stereocenters. The quantitative estimate of drug-likeness (QED) is 0.918. The molecule has 19 heavy (non-hydrogen) atoms. The fraction of sp³-hybridized carbons (Fsp3) is 0.800. The fourth-order valence-electron chi connectivity index (χ4n) is 3.77. The predicted octanol–water partition coefficient (Wildman–Crippen LogP) is 3.66. The van der Waals surface area contributed by atoms with Crippen molar-refractivity contribution >= 4 is 16.5 Å². The average Bonchev–Trinajstić information content (AvgIpc) is 3.07. The van der Waals surface area contributed by atoms with E-state index in [1.54, 1.807) is 11.3 Å². The summed E-state index contributed by atoms with van der Waals surface area (Å²) in [5.41, 5.74) is 1.01. The van der Waals surface area contributed by atoms with Gasteiger partial charge in [-0.2, -0.15) is 0 Å². The van der Waals surface area contributed by atoms with E-state index in [0.29, 0.717) is 6.04 Å². The molecule has 1 saturated heterocycles. The standard InChI is InChI=1S/C15H24N2OS/c1-10-14(11(2)18)19-15(16-10)17-9-5-8-13(17)12-6-3-4-7-12/h11-13,18H,3-9H2,1-2H3. The molecule has 0 aromatic carbocycles. The van der Waals surface area contributed by atoms with Crippen molar-refractivity contribution in [3.63, 3.8) is 0 Å². The summed E-state index contributed by atoms with van der Waals surface area (Å²) in [6, 6.07) is 0.704. The molecule has 0 radical (unpaired) electrons. The minimum absolute atomic E-state index is 0.390. The summed E-state index contributed by atoms with van der Waals surface area (Å²) in [4.78, 5) is 8.28. The first-order valence-corrected chi connectivity index (χ1v) is 8.40. The Morgan fingerprint density at radius 2 is 2.00 bits per heavy atom. The van der Waals surface area contributed by atoms with Crippen molar-refractivity contribution in [2.24, 2.45) is 5.92 Å². The van der Waals surface area contributed by atoms with Gasteiger partial charge in [-0.15, -0.1) is 0 Å². The van der Waals surface area contributed by atoms with Crippen molar-refractivity contribution in [3.05, 3.63) is 10.6 Å². The van der Waals surface area contributed by atoms with Gasteiger partial charge in [0.25, 0.3) is 0 Å². The number of anilines is 1. The molecule has 0 bridgehead atoms. The van der Waals surface area contributed by atoms with Gasteiger partial charge in [0.15, 0.2) is 5.13 Å². The molecule has 1 aliphatic carbocycles. The Bertz CT molecular complexity index is 437. The van der Waals surface area contributed by atoms with Crippen LogP contribution in [0.5, 0.6) is 0 Å². The molecule has 1 saturated carbocycles. The molecule has 106 valence electrons. The van der Waals surface area contributed by atoms with Crippen molar-refractivity contribution < 1.29 is 5.11 Å². The van der Waals surface area contributed by atoms with Crippen LogP contribution in [-0.2, 0) is 0 Å². The molecule has 1 aliphatic heterocycles. The normalized spacial score (nSPS) is 26.3. The molecule has 1 aromatic heterocycles. The number of nitrogens with zero attached hydrogens (tertiary/aromatic N) is 2. The van der Waals surface area contributed by atoms with Gasteiger partial charge >= 0.3 is 0 Å². The summed E-state index contributed by atoms with van der Waals surface area (Å²) in [7, 11) is 0. The highest BCUT2D eigenvalue weighted by molar-refractivity contribution is 7.15. The van der Waals surface area contributed by atoms with Crippen molar-refractivity contribution in [3.8, 4) is 0 Å². The average molecular weight is 280 g/mol. The highest BCUT2D eigenvalue weighted by Crippen LogP contribution is 2.40. The van der Waals surface area contributed by atoms with Crippen LogP contribution < -0.4 is 4.90 Å². The minimum atomic E-state index is -0.390. The Morgan fingerprint density at radius 3 is 2.63 bits per heavy atom. The Labute approximate surface area is 119 Å². The van der Waals surface area contributed by atoms with Crippen LogP contribution in [0.4, 0.5) is 5.13 Å². The van der Waals surface area contributed by atoms with Crippen LogP contribution in [0.25, 0.3) is 0 Å². The Hall–Kier alpha value is -0.610. The number of thiazole rings is 1. The lowest BCUT2D eigenvalue weighted by Crippen LogP contribution is -2.34. The number of hydrogen-bond acceptors (Lipinski definition) is 4. The zero-order chi connectivity index (χ0) is 13.4. The van der Waals surface area contributed by atoms with E-state index in [0.717, 1.165) is 28.2 Å². The largest absolute Gasteiger partial charge is 0.388 e. The van der Waals surface area contributed by atoms with Crippen molar-refractivity contribution in [1.82, 2.24) is 4.98 Å². The van der Waals surface area contributed by atoms with Crippen LogP contribution in [-0.4, -0.2) is 22.7 Å². The molecular formula is C15H24N2OS. The molecule has 0 spiro atoms. The van der Waals surface area contributed by atoms with Crippen molar-refractivity contribution in [1.29, 1.82) is 0 Å². The highest BCUT2D eigenvalue weighted by Gasteiger charge is 2.35. The maximum Gasteiger partial charge on any atom is 0.186 e. The van der Waals surface area contributed by atoms with Gasteiger partial charge < -0.3 is 10.0 Å². The summed E-state index contributed by atoms with van der Waals surface area (Å²) in [6.07, 6.45) is 7.84. The number of aliphatic hydroxyl groups is 1. The molecule has 0 amide bonds. The van der Waals surface area contributed by atoms with Crippen molar-refractivity contribution in [2.45, 2.75) is 64.5 Å². The maximum atomic E-state index is 9.79. The second-order valence-electron chi connectivity index (χ2n) is 6.07. The molecule has 2 heterocycles. The van der Waals surface area contributed by atoms with Crippen molar-refractivity contribution in [2.75, 3.05) is 11.4 Å². The van der Waals surface area contributed by atoms with Gasteiger partial charge in [-0.05, 0) is 45.4 Å². The minimum Gasteiger partial charge on any atom is -0.388 e. The van der Waals surface area contributed by atoms with E-state index in [4.69, 9.17) is 4.98 Å². The molecule has 3 rings (SSSR count). The van der Waals surface area contributed by atoms with Crippen LogP contribution in [0.2, 0.25) is 0 Å². The first-order chi connectivity index (χ1) is 9.16. The van der Waals surface area contributed by atoms with Gasteiger partial charge in [0.1, 0.15) is 0 Å². The maximum absolute atomic E-state index is 9.79. The molecule has 1 N–H and O–H groups in total. The SMILES string of the molecule is Cc1nc(N2CCCC2C2CCCC2)sc1C(C)O. The van der Waals surface area contributed by atoms with E-state index >= 15 is 0 Å². The molecule has 2 unspecified atom stereocenters. The number of aliphatic hydroxyl groups excluding tert-OH is 1. The number of hydrogen-bond donors (Lipinski definition) is 1. The van der Waals surface area contributed by atoms with Crippen LogP contribution in [0, 0.1) is 12.8 Å². The molecule has 3 nitrogen and oxygen atoms in total. The molecular weight excluding hydrogens is 256 g/mol. The first-order valence-electron chi connectivity index (χ1n) is 7.59. The van der Waals surface area contributed by atoms with Crippen LogP contribution >= 0.6 is 11.3 Å². The smallest absolute Gasteiger partial charge is 0.186 e. The van der Waals surface area contributed by atoms with Crippen LogP contribution in [0.15, 0.2) is 0 Å². The van der Waals surface area contributed by atoms with E-state index in [1.165, 1.54) is 38.5 Å². The second-order valence-corrected chi connectivity index (χ2v) is 7.08. The van der Waals surface area contributed by atoms with E-state index in [1.807, 2.05) is 13.8 Å². The summed E-state index contributed by atoms with van der Waals surface area (Å²) >= 11 is 1.69. The predicted molar refractivity (Wildman–Crippen MR) is 79.8 cm³/mol. The van der Waals surface area contributed by atoms with E-state index < -0.39 is 6.10 Å². The zero-order valence-corrected chi connectivity index (χ0v) is 12.7. The topological polar surface area (TPSA) is 36.4 Å². The number of rotatable bonds is 3. The molecule has 2 aliphatic rings. The number of aromatic nitrogens is 1. The third-order valence-corrected chi connectivity index (χ3v) is 6.05. The Balaban J connectivity index is 1.82.